The van der Waals surface area contributed by atoms with Gasteiger partial charge in [0.1, 0.15) is 0 Å². The van der Waals surface area contributed by atoms with Crippen LogP contribution < -0.4 is 0 Å². The molecule has 3 nitrogen and oxygen atoms in total. The Morgan fingerprint density at radius 1 is 1.57 bits per heavy atom. The Morgan fingerprint density at radius 3 is 2.79 bits per heavy atom. The van der Waals surface area contributed by atoms with E-state index >= 15 is 0 Å². The number of ketones is 1. The highest BCUT2D eigenvalue weighted by Crippen LogP contribution is 2.30. The molecule has 1 fully saturated rings. The second kappa shape index (κ2) is 4.41. The second-order valence-electron chi connectivity index (χ2n) is 5.07. The maximum Gasteiger partial charge on any atom is 0.150 e. The number of aliphatic hydroxyl groups excluding tert-OH is 1. The van der Waals surface area contributed by atoms with E-state index in [-0.39, 0.29) is 23.8 Å². The average molecular weight is 199 g/mol. The number of rotatable bonds is 2. The molecule has 1 aliphatic heterocycles. The Labute approximate surface area is 86.1 Å². The molecule has 1 heterocycles. The van der Waals surface area contributed by atoms with Crippen molar-refractivity contribution in [3.63, 3.8) is 0 Å². The minimum absolute atomic E-state index is 0.0678. The minimum Gasteiger partial charge on any atom is -0.396 e. The van der Waals surface area contributed by atoms with E-state index in [0.29, 0.717) is 12.8 Å². The van der Waals surface area contributed by atoms with Gasteiger partial charge in [-0.15, -0.1) is 0 Å². The maximum atomic E-state index is 11.9. The van der Waals surface area contributed by atoms with Crippen LogP contribution in [0.15, 0.2) is 0 Å². The molecule has 0 spiro atoms. The van der Waals surface area contributed by atoms with E-state index in [1.807, 2.05) is 7.05 Å². The number of nitrogens with zero attached hydrogens (tertiary/aromatic N) is 1. The normalized spacial score (nSPS) is 28.9. The van der Waals surface area contributed by atoms with Gasteiger partial charge in [-0.25, -0.2) is 0 Å². The van der Waals surface area contributed by atoms with Crippen LogP contribution in [0.2, 0.25) is 0 Å². The lowest BCUT2D eigenvalue weighted by Gasteiger charge is -2.23. The molecule has 1 rings (SSSR count). The van der Waals surface area contributed by atoms with Gasteiger partial charge in [-0.3, -0.25) is 9.69 Å². The monoisotopic (exact) mass is 199 g/mol. The molecule has 1 atom stereocenters. The molecule has 0 aromatic heterocycles. The first-order valence-corrected chi connectivity index (χ1v) is 5.30. The smallest absolute Gasteiger partial charge is 0.150 e. The number of likely N-dealkylation sites (tertiary alicyclic amines) is 1. The first-order valence-electron chi connectivity index (χ1n) is 5.30. The van der Waals surface area contributed by atoms with Crippen LogP contribution in [-0.2, 0) is 4.79 Å². The van der Waals surface area contributed by atoms with Crippen LogP contribution in [0.3, 0.4) is 0 Å². The summed E-state index contributed by atoms with van der Waals surface area (Å²) in [5.41, 5.74) is 0.121. The molecule has 0 aromatic rings. The summed E-state index contributed by atoms with van der Waals surface area (Å²) in [5, 5.41) is 8.90. The Hall–Kier alpha value is -0.410. The van der Waals surface area contributed by atoms with Crippen molar-refractivity contribution in [1.82, 2.24) is 4.90 Å². The van der Waals surface area contributed by atoms with E-state index in [2.05, 4.69) is 18.7 Å². The average Bonchev–Trinajstić information content (AvgIpc) is 2.16. The summed E-state index contributed by atoms with van der Waals surface area (Å²) >= 11 is 0. The van der Waals surface area contributed by atoms with E-state index in [1.165, 1.54) is 0 Å². The van der Waals surface area contributed by atoms with Gasteiger partial charge in [-0.1, -0.05) is 13.8 Å². The predicted octanol–water partition coefficient (Wildman–Crippen LogP) is 1.06. The molecule has 14 heavy (non-hydrogen) atoms. The van der Waals surface area contributed by atoms with Crippen LogP contribution in [-0.4, -0.2) is 42.0 Å². The van der Waals surface area contributed by atoms with Crippen LogP contribution in [0.1, 0.15) is 33.1 Å². The van der Waals surface area contributed by atoms with Crippen molar-refractivity contribution < 1.29 is 9.90 Å². The molecular formula is C11H21NO2. The SMILES string of the molecule is CN1CCC(C)(C)CC(=O)C1CCO. The number of carbonyl (C=O) groups is 1. The van der Waals surface area contributed by atoms with Crippen molar-refractivity contribution in [2.45, 2.75) is 39.2 Å². The van der Waals surface area contributed by atoms with Gasteiger partial charge < -0.3 is 5.11 Å². The molecule has 1 saturated heterocycles. The zero-order valence-electron chi connectivity index (χ0n) is 9.42. The molecule has 3 heteroatoms. The van der Waals surface area contributed by atoms with Crippen LogP contribution in [0, 0.1) is 5.41 Å². The van der Waals surface area contributed by atoms with Gasteiger partial charge in [0, 0.05) is 13.0 Å². The summed E-state index contributed by atoms with van der Waals surface area (Å²) in [4.78, 5) is 14.0. The number of aliphatic hydroxyl groups is 1. The lowest BCUT2D eigenvalue weighted by atomic mass is 9.84. The molecule has 0 bridgehead atoms. The third-order valence-electron chi connectivity index (χ3n) is 3.10. The Morgan fingerprint density at radius 2 is 2.21 bits per heavy atom. The molecule has 1 unspecified atom stereocenters. The lowest BCUT2D eigenvalue weighted by Crippen LogP contribution is -2.37. The summed E-state index contributed by atoms with van der Waals surface area (Å²) in [7, 11) is 1.97. The van der Waals surface area contributed by atoms with Gasteiger partial charge in [0.05, 0.1) is 6.04 Å². The molecular weight excluding hydrogens is 178 g/mol. The molecule has 0 amide bonds. The third kappa shape index (κ3) is 2.79. The van der Waals surface area contributed by atoms with Crippen molar-refractivity contribution in [1.29, 1.82) is 0 Å². The van der Waals surface area contributed by atoms with E-state index < -0.39 is 0 Å². The fourth-order valence-electron chi connectivity index (χ4n) is 2.06. The zero-order valence-corrected chi connectivity index (χ0v) is 9.42. The molecule has 0 aromatic carbocycles. The highest BCUT2D eigenvalue weighted by molar-refractivity contribution is 5.84. The minimum atomic E-state index is -0.0678. The molecule has 82 valence electrons. The van der Waals surface area contributed by atoms with Gasteiger partial charge in [0.2, 0.25) is 0 Å². The lowest BCUT2D eigenvalue weighted by molar-refractivity contribution is -0.124. The standard InChI is InChI=1S/C11H21NO2/c1-11(2)5-6-12(3)9(4-7-13)10(14)8-11/h9,13H,4-8H2,1-3H3. The molecule has 0 radical (unpaired) electrons. The quantitative estimate of drug-likeness (QED) is 0.723. The fraction of sp³-hybridized carbons (Fsp3) is 0.909. The Balaban J connectivity index is 2.71. The maximum absolute atomic E-state index is 11.9. The number of carbonyl (C=O) groups excluding carboxylic acids is 1. The molecule has 0 aliphatic carbocycles. The van der Waals surface area contributed by atoms with Crippen LogP contribution in [0.5, 0.6) is 0 Å². The van der Waals surface area contributed by atoms with Gasteiger partial charge in [-0.05, 0) is 31.8 Å². The van der Waals surface area contributed by atoms with E-state index in [4.69, 9.17) is 5.11 Å². The van der Waals surface area contributed by atoms with Crippen LogP contribution >= 0.6 is 0 Å². The number of hydrogen-bond donors (Lipinski definition) is 1. The third-order valence-corrected chi connectivity index (χ3v) is 3.10. The topological polar surface area (TPSA) is 40.5 Å². The highest BCUT2D eigenvalue weighted by atomic mass is 16.3. The highest BCUT2D eigenvalue weighted by Gasteiger charge is 2.33. The largest absolute Gasteiger partial charge is 0.396 e. The van der Waals surface area contributed by atoms with E-state index in [0.717, 1.165) is 13.0 Å². The van der Waals surface area contributed by atoms with Crippen molar-refractivity contribution in [2.24, 2.45) is 5.41 Å². The molecule has 1 N–H and O–H groups in total. The second-order valence-corrected chi connectivity index (χ2v) is 5.07. The van der Waals surface area contributed by atoms with E-state index in [1.54, 1.807) is 0 Å². The van der Waals surface area contributed by atoms with Gasteiger partial charge in [0.15, 0.2) is 5.78 Å². The van der Waals surface area contributed by atoms with Gasteiger partial charge in [0.25, 0.3) is 0 Å². The summed E-state index contributed by atoms with van der Waals surface area (Å²) < 4.78 is 0. The number of hydrogen-bond acceptors (Lipinski definition) is 3. The zero-order chi connectivity index (χ0) is 10.8. The summed E-state index contributed by atoms with van der Waals surface area (Å²) in [6.45, 7) is 5.32. The van der Waals surface area contributed by atoms with Crippen LogP contribution in [0.25, 0.3) is 0 Å². The fourth-order valence-corrected chi connectivity index (χ4v) is 2.06. The van der Waals surface area contributed by atoms with Gasteiger partial charge in [-0.2, -0.15) is 0 Å². The summed E-state index contributed by atoms with van der Waals surface area (Å²) in [5.74, 6) is 0.282. The van der Waals surface area contributed by atoms with Crippen molar-refractivity contribution in [2.75, 3.05) is 20.2 Å². The summed E-state index contributed by atoms with van der Waals surface area (Å²) in [6, 6.07) is -0.0678. The number of likely N-dealkylation sites (N-methyl/N-ethyl adjacent to an activating group) is 1. The predicted molar refractivity (Wildman–Crippen MR) is 56.1 cm³/mol. The van der Waals surface area contributed by atoms with Crippen molar-refractivity contribution in [3.8, 4) is 0 Å². The van der Waals surface area contributed by atoms with Crippen molar-refractivity contribution >= 4 is 5.78 Å². The summed E-state index contributed by atoms with van der Waals surface area (Å²) in [6.07, 6.45) is 2.27. The molecule has 0 saturated carbocycles. The first kappa shape index (κ1) is 11.7. The first-order chi connectivity index (χ1) is 6.46. The number of Topliss-reactive ketones (excluding diaryl/α,β-unsaturated/α-hetero) is 1. The van der Waals surface area contributed by atoms with E-state index in [9.17, 15) is 4.79 Å². The van der Waals surface area contributed by atoms with Crippen LogP contribution in [0.4, 0.5) is 0 Å². The molecule has 1 aliphatic rings. The Kier molecular flexibility index (Phi) is 3.67. The van der Waals surface area contributed by atoms with Crippen molar-refractivity contribution in [3.05, 3.63) is 0 Å². The van der Waals surface area contributed by atoms with Gasteiger partial charge >= 0.3 is 0 Å². The Bertz CT molecular complexity index is 213.